The zero-order valence-corrected chi connectivity index (χ0v) is 16.3. The Morgan fingerprint density at radius 3 is 2.41 bits per heavy atom. The van der Waals surface area contributed by atoms with Crippen molar-refractivity contribution in [2.24, 2.45) is 0 Å². The summed E-state index contributed by atoms with van der Waals surface area (Å²) in [6, 6.07) is 12.1. The molecule has 1 aliphatic rings. The predicted molar refractivity (Wildman–Crippen MR) is 109 cm³/mol. The van der Waals surface area contributed by atoms with Crippen LogP contribution in [0.15, 0.2) is 54.9 Å². The number of aromatic amines is 1. The largest absolute Gasteiger partial charge is 0.345 e. The Bertz CT molecular complexity index is 1080. The van der Waals surface area contributed by atoms with E-state index >= 15 is 0 Å². The lowest BCUT2D eigenvalue weighted by Crippen LogP contribution is -2.60. The molecule has 0 aliphatic carbocycles. The fourth-order valence-electron chi connectivity index (χ4n) is 3.83. The zero-order chi connectivity index (χ0) is 20.5. The summed E-state index contributed by atoms with van der Waals surface area (Å²) in [5.41, 5.74) is 1.51. The lowest BCUT2D eigenvalue weighted by atomic mass is 10.0. The fourth-order valence-corrected chi connectivity index (χ4v) is 3.83. The molecule has 7 nitrogen and oxygen atoms in total. The number of pyridine rings is 1. The van der Waals surface area contributed by atoms with Crippen molar-refractivity contribution < 1.29 is 14.4 Å². The predicted octanol–water partition coefficient (Wildman–Crippen LogP) is 2.51. The van der Waals surface area contributed by atoms with Crippen LogP contribution in [0.3, 0.4) is 0 Å². The lowest BCUT2D eigenvalue weighted by Gasteiger charge is -2.43. The minimum Gasteiger partial charge on any atom is -0.345 e. The van der Waals surface area contributed by atoms with Crippen LogP contribution in [0.4, 0.5) is 0 Å². The molecule has 3 aromatic rings. The number of nitrogens with one attached hydrogen (secondary N) is 1. The zero-order valence-electron chi connectivity index (χ0n) is 16.3. The normalized spacial score (nSPS) is 19.4. The van der Waals surface area contributed by atoms with Gasteiger partial charge >= 0.3 is 0 Å². The quantitative estimate of drug-likeness (QED) is 0.550. The summed E-state index contributed by atoms with van der Waals surface area (Å²) in [5.74, 6) is -1.18. The summed E-state index contributed by atoms with van der Waals surface area (Å²) >= 11 is 0. The maximum absolute atomic E-state index is 13.0. The van der Waals surface area contributed by atoms with Gasteiger partial charge in [-0.25, -0.2) is 4.98 Å². The summed E-state index contributed by atoms with van der Waals surface area (Å²) in [4.78, 5) is 49.1. The van der Waals surface area contributed by atoms with E-state index in [0.717, 1.165) is 0 Å². The Kier molecular flexibility index (Phi) is 4.88. The van der Waals surface area contributed by atoms with Crippen molar-refractivity contribution in [1.29, 1.82) is 0 Å². The number of benzene rings is 1. The molecule has 1 aromatic carbocycles. The summed E-state index contributed by atoms with van der Waals surface area (Å²) in [6.45, 7) is 4.44. The van der Waals surface area contributed by atoms with Crippen LogP contribution < -0.4 is 0 Å². The first kappa shape index (κ1) is 18.9. The molecule has 1 N–H and O–H groups in total. The van der Waals surface area contributed by atoms with E-state index in [-0.39, 0.29) is 18.0 Å². The second-order valence-corrected chi connectivity index (χ2v) is 7.41. The van der Waals surface area contributed by atoms with Crippen LogP contribution in [0.25, 0.3) is 11.0 Å². The van der Waals surface area contributed by atoms with Gasteiger partial charge in [-0.3, -0.25) is 14.4 Å². The average molecular weight is 390 g/mol. The topological polar surface area (TPSA) is 86.4 Å². The number of nitrogens with zero attached hydrogens (tertiary/aromatic N) is 3. The van der Waals surface area contributed by atoms with Gasteiger partial charge in [0.25, 0.3) is 17.6 Å². The van der Waals surface area contributed by atoms with Crippen LogP contribution in [0.5, 0.6) is 0 Å². The van der Waals surface area contributed by atoms with Gasteiger partial charge in [-0.15, -0.1) is 0 Å². The summed E-state index contributed by atoms with van der Waals surface area (Å²) in [6.07, 6.45) is 3.16. The van der Waals surface area contributed by atoms with E-state index in [0.29, 0.717) is 35.2 Å². The number of Topliss-reactive ketones (excluding diaryl/α,β-unsaturated/α-hetero) is 1. The highest BCUT2D eigenvalue weighted by Crippen LogP contribution is 2.21. The molecule has 1 aliphatic heterocycles. The number of H-pyrrole nitrogens is 1. The standard InChI is InChI=1S/C22H22N4O3/c1-14-13-26(15(2)12-25(14)21(28)16-7-4-3-5-8-16)22(29)19(27)18-11-24-20-17(18)9-6-10-23-20/h3-11,14-15H,12-13H2,1-2H3,(H,23,24)/t14-,15+/m1/s1. The van der Waals surface area contributed by atoms with Gasteiger partial charge in [-0.05, 0) is 38.1 Å². The van der Waals surface area contributed by atoms with Crippen LogP contribution >= 0.6 is 0 Å². The van der Waals surface area contributed by atoms with E-state index in [1.165, 1.54) is 6.20 Å². The number of aromatic nitrogens is 2. The second-order valence-electron chi connectivity index (χ2n) is 7.41. The van der Waals surface area contributed by atoms with Gasteiger partial charge in [0.2, 0.25) is 0 Å². The first-order valence-corrected chi connectivity index (χ1v) is 9.60. The molecule has 1 saturated heterocycles. The van der Waals surface area contributed by atoms with E-state index in [1.807, 2.05) is 32.0 Å². The van der Waals surface area contributed by atoms with Crippen molar-refractivity contribution in [3.05, 3.63) is 66.0 Å². The fraction of sp³-hybridized carbons (Fsp3) is 0.273. The molecule has 0 unspecified atom stereocenters. The molecule has 3 heterocycles. The molecular weight excluding hydrogens is 368 g/mol. The monoisotopic (exact) mass is 390 g/mol. The minimum atomic E-state index is -0.564. The Balaban J connectivity index is 1.52. The van der Waals surface area contributed by atoms with Gasteiger partial charge in [-0.1, -0.05) is 18.2 Å². The first-order valence-electron chi connectivity index (χ1n) is 9.60. The number of fused-ring (bicyclic) bond motifs is 1. The Morgan fingerprint density at radius 1 is 0.966 bits per heavy atom. The average Bonchev–Trinajstić information content (AvgIpc) is 3.18. The SMILES string of the molecule is C[C@@H]1CN(C(=O)C(=O)c2c[nH]c3ncccc23)[C@@H](C)CN1C(=O)c1ccccc1. The summed E-state index contributed by atoms with van der Waals surface area (Å²) in [7, 11) is 0. The number of amides is 2. The highest BCUT2D eigenvalue weighted by Gasteiger charge is 2.37. The van der Waals surface area contributed by atoms with Gasteiger partial charge in [0.15, 0.2) is 0 Å². The van der Waals surface area contributed by atoms with E-state index in [2.05, 4.69) is 9.97 Å². The number of ketones is 1. The van der Waals surface area contributed by atoms with Crippen molar-refractivity contribution in [2.45, 2.75) is 25.9 Å². The first-order chi connectivity index (χ1) is 14.0. The number of piperazine rings is 1. The third kappa shape index (κ3) is 3.40. The van der Waals surface area contributed by atoms with Crippen molar-refractivity contribution in [2.75, 3.05) is 13.1 Å². The maximum Gasteiger partial charge on any atom is 0.295 e. The number of carbonyl (C=O) groups is 3. The highest BCUT2D eigenvalue weighted by atomic mass is 16.2. The Morgan fingerprint density at radius 2 is 1.66 bits per heavy atom. The molecule has 148 valence electrons. The Hall–Kier alpha value is -3.48. The van der Waals surface area contributed by atoms with Gasteiger partial charge in [-0.2, -0.15) is 0 Å². The van der Waals surface area contributed by atoms with Gasteiger partial charge in [0, 0.05) is 48.5 Å². The molecule has 4 rings (SSSR count). The summed E-state index contributed by atoms with van der Waals surface area (Å²) < 4.78 is 0. The van der Waals surface area contributed by atoms with Gasteiger partial charge in [0.05, 0.1) is 5.56 Å². The van der Waals surface area contributed by atoms with Crippen LogP contribution in [-0.2, 0) is 4.79 Å². The molecule has 29 heavy (non-hydrogen) atoms. The van der Waals surface area contributed by atoms with E-state index in [9.17, 15) is 14.4 Å². The van der Waals surface area contributed by atoms with Crippen molar-refractivity contribution in [3.63, 3.8) is 0 Å². The molecular formula is C22H22N4O3. The summed E-state index contributed by atoms with van der Waals surface area (Å²) in [5, 5.41) is 0.629. The second kappa shape index (κ2) is 7.50. The Labute approximate surface area is 168 Å². The molecule has 0 radical (unpaired) electrons. The molecule has 2 atom stereocenters. The molecule has 7 heteroatoms. The van der Waals surface area contributed by atoms with Crippen LogP contribution in [0.1, 0.15) is 34.6 Å². The van der Waals surface area contributed by atoms with Crippen molar-refractivity contribution in [3.8, 4) is 0 Å². The molecule has 1 fully saturated rings. The minimum absolute atomic E-state index is 0.0638. The lowest BCUT2D eigenvalue weighted by molar-refractivity contribution is -0.131. The molecule has 0 spiro atoms. The number of hydrogen-bond donors (Lipinski definition) is 1. The van der Waals surface area contributed by atoms with Gasteiger partial charge < -0.3 is 14.8 Å². The molecule has 0 saturated carbocycles. The van der Waals surface area contributed by atoms with E-state index < -0.39 is 11.7 Å². The third-order valence-electron chi connectivity index (χ3n) is 5.42. The highest BCUT2D eigenvalue weighted by molar-refractivity contribution is 6.44. The van der Waals surface area contributed by atoms with Crippen molar-refractivity contribution >= 4 is 28.6 Å². The molecule has 2 amide bonds. The smallest absolute Gasteiger partial charge is 0.295 e. The van der Waals surface area contributed by atoms with Crippen LogP contribution in [-0.4, -0.2) is 62.5 Å². The molecule has 2 aromatic heterocycles. The van der Waals surface area contributed by atoms with Gasteiger partial charge in [0.1, 0.15) is 5.65 Å². The van der Waals surface area contributed by atoms with E-state index in [1.54, 1.807) is 40.3 Å². The number of rotatable bonds is 3. The van der Waals surface area contributed by atoms with Crippen molar-refractivity contribution in [1.82, 2.24) is 19.8 Å². The third-order valence-corrected chi connectivity index (χ3v) is 5.42. The number of hydrogen-bond acceptors (Lipinski definition) is 4. The maximum atomic E-state index is 13.0. The van der Waals surface area contributed by atoms with E-state index in [4.69, 9.17) is 0 Å². The van der Waals surface area contributed by atoms with Crippen LogP contribution in [0.2, 0.25) is 0 Å². The number of carbonyl (C=O) groups excluding carboxylic acids is 3. The molecule has 0 bridgehead atoms. The van der Waals surface area contributed by atoms with Crippen LogP contribution in [0, 0.1) is 0 Å².